The van der Waals surface area contributed by atoms with Gasteiger partial charge in [0.25, 0.3) is 0 Å². The Morgan fingerprint density at radius 1 is 1.80 bits per heavy atom. The summed E-state index contributed by atoms with van der Waals surface area (Å²) in [7, 11) is 0. The molecular formula is C8H15NO. The largest absolute Gasteiger partial charge is 0.360 e. The highest BCUT2D eigenvalue weighted by Crippen LogP contribution is 2.13. The summed E-state index contributed by atoms with van der Waals surface area (Å²) in [6, 6.07) is 0. The van der Waals surface area contributed by atoms with Gasteiger partial charge in [-0.25, -0.2) is 0 Å². The third-order valence-corrected chi connectivity index (χ3v) is 1.71. The second-order valence-corrected chi connectivity index (χ2v) is 2.55. The number of nitrogens with one attached hydrogen (secondary N) is 1. The molecule has 0 radical (unpaired) electrons. The van der Waals surface area contributed by atoms with E-state index in [1.54, 1.807) is 0 Å². The summed E-state index contributed by atoms with van der Waals surface area (Å²) in [6.45, 7) is 7.75. The van der Waals surface area contributed by atoms with E-state index in [4.69, 9.17) is 4.74 Å². The quantitative estimate of drug-likeness (QED) is 0.585. The SMILES string of the molecule is C=C1CCCNC1OCC. The van der Waals surface area contributed by atoms with Gasteiger partial charge in [0.05, 0.1) is 0 Å². The Bertz CT molecular complexity index is 120. The molecule has 58 valence electrons. The fraction of sp³-hybridized carbons (Fsp3) is 0.750. The molecule has 2 heteroatoms. The smallest absolute Gasteiger partial charge is 0.129 e. The van der Waals surface area contributed by atoms with Crippen molar-refractivity contribution in [1.82, 2.24) is 5.32 Å². The number of hydrogen-bond donors (Lipinski definition) is 1. The Labute approximate surface area is 62.3 Å². The summed E-state index contributed by atoms with van der Waals surface area (Å²) in [5.41, 5.74) is 1.19. The molecule has 1 aliphatic heterocycles. The van der Waals surface area contributed by atoms with Gasteiger partial charge < -0.3 is 4.74 Å². The van der Waals surface area contributed by atoms with E-state index in [0.717, 1.165) is 19.6 Å². The molecule has 0 aliphatic carbocycles. The summed E-state index contributed by atoms with van der Waals surface area (Å²) in [5.74, 6) is 0. The minimum atomic E-state index is 0.124. The maximum Gasteiger partial charge on any atom is 0.129 e. The third-order valence-electron chi connectivity index (χ3n) is 1.71. The summed E-state index contributed by atoms with van der Waals surface area (Å²) < 4.78 is 5.38. The van der Waals surface area contributed by atoms with E-state index in [-0.39, 0.29) is 6.23 Å². The van der Waals surface area contributed by atoms with Gasteiger partial charge in [0, 0.05) is 6.61 Å². The molecule has 1 heterocycles. The van der Waals surface area contributed by atoms with Crippen LogP contribution < -0.4 is 5.32 Å². The van der Waals surface area contributed by atoms with Crippen molar-refractivity contribution in [2.75, 3.05) is 13.2 Å². The van der Waals surface area contributed by atoms with Crippen LogP contribution in [0.2, 0.25) is 0 Å². The molecule has 2 nitrogen and oxygen atoms in total. The Morgan fingerprint density at radius 3 is 3.20 bits per heavy atom. The Balaban J connectivity index is 2.32. The van der Waals surface area contributed by atoms with Gasteiger partial charge >= 0.3 is 0 Å². The summed E-state index contributed by atoms with van der Waals surface area (Å²) in [4.78, 5) is 0. The highest BCUT2D eigenvalue weighted by molar-refractivity contribution is 5.03. The molecular weight excluding hydrogens is 126 g/mol. The summed E-state index contributed by atoms with van der Waals surface area (Å²) >= 11 is 0. The van der Waals surface area contributed by atoms with Crippen molar-refractivity contribution in [1.29, 1.82) is 0 Å². The van der Waals surface area contributed by atoms with Gasteiger partial charge in [-0.05, 0) is 31.9 Å². The monoisotopic (exact) mass is 141 g/mol. The van der Waals surface area contributed by atoms with E-state index in [1.807, 2.05) is 6.92 Å². The molecule has 0 aromatic carbocycles. The Hall–Kier alpha value is -0.340. The standard InChI is InChI=1S/C8H15NO/c1-3-10-8-7(2)5-4-6-9-8/h8-9H,2-6H2,1H3. The van der Waals surface area contributed by atoms with Gasteiger partial charge in [-0.1, -0.05) is 6.58 Å². The number of hydrogen-bond acceptors (Lipinski definition) is 2. The van der Waals surface area contributed by atoms with Crippen molar-refractivity contribution < 1.29 is 4.74 Å². The molecule has 0 spiro atoms. The zero-order valence-electron chi connectivity index (χ0n) is 6.52. The van der Waals surface area contributed by atoms with E-state index in [0.29, 0.717) is 0 Å². The lowest BCUT2D eigenvalue weighted by atomic mass is 10.1. The van der Waals surface area contributed by atoms with Gasteiger partial charge in [0.15, 0.2) is 0 Å². The molecule has 1 aliphatic rings. The molecule has 10 heavy (non-hydrogen) atoms. The van der Waals surface area contributed by atoms with E-state index in [9.17, 15) is 0 Å². The van der Waals surface area contributed by atoms with Crippen LogP contribution in [0, 0.1) is 0 Å². The molecule has 0 aromatic heterocycles. The van der Waals surface area contributed by atoms with Crippen LogP contribution in [0.3, 0.4) is 0 Å². The average molecular weight is 141 g/mol. The topological polar surface area (TPSA) is 21.3 Å². The van der Waals surface area contributed by atoms with Crippen molar-refractivity contribution >= 4 is 0 Å². The predicted molar refractivity (Wildman–Crippen MR) is 41.8 cm³/mol. The van der Waals surface area contributed by atoms with E-state index < -0.39 is 0 Å². The molecule has 0 aromatic rings. The normalized spacial score (nSPS) is 26.9. The molecule has 1 atom stereocenters. The highest BCUT2D eigenvalue weighted by atomic mass is 16.5. The zero-order chi connectivity index (χ0) is 7.40. The molecule has 1 saturated heterocycles. The molecule has 0 amide bonds. The lowest BCUT2D eigenvalue weighted by Gasteiger charge is -2.25. The van der Waals surface area contributed by atoms with Crippen LogP contribution in [0.1, 0.15) is 19.8 Å². The number of piperidine rings is 1. The molecule has 1 fully saturated rings. The molecule has 1 unspecified atom stereocenters. The maximum atomic E-state index is 5.38. The predicted octanol–water partition coefficient (Wildman–Crippen LogP) is 1.29. The van der Waals surface area contributed by atoms with Crippen LogP contribution in [0.15, 0.2) is 12.2 Å². The first-order valence-electron chi connectivity index (χ1n) is 3.87. The van der Waals surface area contributed by atoms with Gasteiger partial charge in [0.1, 0.15) is 6.23 Å². The number of rotatable bonds is 2. The first-order chi connectivity index (χ1) is 4.84. The Morgan fingerprint density at radius 2 is 2.60 bits per heavy atom. The van der Waals surface area contributed by atoms with Crippen molar-refractivity contribution in [3.63, 3.8) is 0 Å². The maximum absolute atomic E-state index is 5.38. The minimum absolute atomic E-state index is 0.124. The van der Waals surface area contributed by atoms with Crippen LogP contribution in [0.5, 0.6) is 0 Å². The molecule has 1 N–H and O–H groups in total. The minimum Gasteiger partial charge on any atom is -0.360 e. The van der Waals surface area contributed by atoms with E-state index >= 15 is 0 Å². The summed E-state index contributed by atoms with van der Waals surface area (Å²) in [5, 5.41) is 3.25. The third kappa shape index (κ3) is 1.82. The van der Waals surface area contributed by atoms with E-state index in [1.165, 1.54) is 12.0 Å². The van der Waals surface area contributed by atoms with Gasteiger partial charge in [-0.2, -0.15) is 0 Å². The van der Waals surface area contributed by atoms with E-state index in [2.05, 4.69) is 11.9 Å². The van der Waals surface area contributed by atoms with Crippen LogP contribution in [-0.2, 0) is 4.74 Å². The summed E-state index contributed by atoms with van der Waals surface area (Å²) in [6.07, 6.45) is 2.43. The number of ether oxygens (including phenoxy) is 1. The highest BCUT2D eigenvalue weighted by Gasteiger charge is 2.15. The van der Waals surface area contributed by atoms with Crippen LogP contribution >= 0.6 is 0 Å². The van der Waals surface area contributed by atoms with Crippen LogP contribution in [-0.4, -0.2) is 19.4 Å². The van der Waals surface area contributed by atoms with Crippen molar-refractivity contribution in [2.45, 2.75) is 26.0 Å². The second-order valence-electron chi connectivity index (χ2n) is 2.55. The average Bonchev–Trinajstić information content (AvgIpc) is 1.94. The van der Waals surface area contributed by atoms with Gasteiger partial charge in [0.2, 0.25) is 0 Å². The van der Waals surface area contributed by atoms with Crippen LogP contribution in [0.4, 0.5) is 0 Å². The van der Waals surface area contributed by atoms with Gasteiger partial charge in [-0.3, -0.25) is 5.32 Å². The lowest BCUT2D eigenvalue weighted by Crippen LogP contribution is -2.37. The Kier molecular flexibility index (Phi) is 2.90. The van der Waals surface area contributed by atoms with Crippen LogP contribution in [0.25, 0.3) is 0 Å². The first-order valence-corrected chi connectivity index (χ1v) is 3.87. The first kappa shape index (κ1) is 7.76. The van der Waals surface area contributed by atoms with Gasteiger partial charge in [-0.15, -0.1) is 0 Å². The van der Waals surface area contributed by atoms with Crippen molar-refractivity contribution in [3.05, 3.63) is 12.2 Å². The van der Waals surface area contributed by atoms with Crippen molar-refractivity contribution in [3.8, 4) is 0 Å². The lowest BCUT2D eigenvalue weighted by molar-refractivity contribution is 0.0545. The fourth-order valence-electron chi connectivity index (χ4n) is 1.17. The second kappa shape index (κ2) is 3.74. The molecule has 0 saturated carbocycles. The zero-order valence-corrected chi connectivity index (χ0v) is 6.52. The fourth-order valence-corrected chi connectivity index (χ4v) is 1.17. The molecule has 1 rings (SSSR count). The van der Waals surface area contributed by atoms with Crippen molar-refractivity contribution in [2.24, 2.45) is 0 Å². The molecule has 0 bridgehead atoms.